The van der Waals surface area contributed by atoms with Crippen LogP contribution in [0.4, 0.5) is 0 Å². The number of nitrogens with one attached hydrogen (secondary N) is 2. The summed E-state index contributed by atoms with van der Waals surface area (Å²) in [7, 11) is 0. The first-order valence-corrected chi connectivity index (χ1v) is 8.25. The lowest BCUT2D eigenvalue weighted by atomic mass is 9.95. The Morgan fingerprint density at radius 3 is 2.29 bits per heavy atom. The van der Waals surface area contributed by atoms with Gasteiger partial charge in [-0.15, -0.1) is 0 Å². The minimum Gasteiger partial charge on any atom is -0.466 e. The number of nitrogens with zero attached hydrogens (tertiary/aromatic N) is 1. The van der Waals surface area contributed by atoms with E-state index in [0.717, 1.165) is 0 Å². The van der Waals surface area contributed by atoms with Gasteiger partial charge >= 0.3 is 0 Å². The van der Waals surface area contributed by atoms with Crippen LogP contribution in [0.5, 0.6) is 0 Å². The fourth-order valence-corrected chi connectivity index (χ4v) is 2.87. The van der Waals surface area contributed by atoms with E-state index >= 15 is 0 Å². The molecular formula is C17H25N3O4. The maximum Gasteiger partial charge on any atom is 0.273 e. The summed E-state index contributed by atoms with van der Waals surface area (Å²) in [5.41, 5.74) is 5.30. The molecular weight excluding hydrogens is 310 g/mol. The Labute approximate surface area is 141 Å². The summed E-state index contributed by atoms with van der Waals surface area (Å²) in [6.07, 6.45) is 1.20. The highest BCUT2D eigenvalue weighted by Crippen LogP contribution is 2.19. The van der Waals surface area contributed by atoms with Crippen molar-refractivity contribution in [3.05, 3.63) is 23.2 Å². The molecule has 0 radical (unpaired) electrons. The molecule has 0 saturated carbocycles. The van der Waals surface area contributed by atoms with Crippen LogP contribution in [0.25, 0.3) is 0 Å². The summed E-state index contributed by atoms with van der Waals surface area (Å²) in [6, 6.07) is 1.63. The molecule has 1 aromatic rings. The molecule has 3 amide bonds. The van der Waals surface area contributed by atoms with E-state index < -0.39 is 5.91 Å². The molecule has 0 bridgehead atoms. The Morgan fingerprint density at radius 2 is 1.79 bits per heavy atom. The second kappa shape index (κ2) is 7.51. The first-order valence-electron chi connectivity index (χ1n) is 8.25. The van der Waals surface area contributed by atoms with Gasteiger partial charge in [-0.3, -0.25) is 25.2 Å². The van der Waals surface area contributed by atoms with Gasteiger partial charge in [0.05, 0.1) is 5.56 Å². The maximum absolute atomic E-state index is 12.2. The van der Waals surface area contributed by atoms with Gasteiger partial charge in [0.15, 0.2) is 0 Å². The van der Waals surface area contributed by atoms with Gasteiger partial charge in [-0.1, -0.05) is 13.8 Å². The molecule has 24 heavy (non-hydrogen) atoms. The van der Waals surface area contributed by atoms with Gasteiger partial charge < -0.3 is 9.32 Å². The number of amides is 3. The average Bonchev–Trinajstić information content (AvgIpc) is 2.90. The van der Waals surface area contributed by atoms with Crippen molar-refractivity contribution in [3.63, 3.8) is 0 Å². The molecule has 1 aliphatic heterocycles. The normalized spacial score (nSPS) is 15.5. The lowest BCUT2D eigenvalue weighted by molar-refractivity contribution is -0.138. The zero-order valence-corrected chi connectivity index (χ0v) is 14.6. The second-order valence-electron chi connectivity index (χ2n) is 6.52. The number of hydrogen-bond donors (Lipinski definition) is 2. The highest BCUT2D eigenvalue weighted by atomic mass is 16.3. The van der Waals surface area contributed by atoms with Crippen molar-refractivity contribution in [2.45, 2.75) is 40.5 Å². The van der Waals surface area contributed by atoms with E-state index in [4.69, 9.17) is 4.42 Å². The second-order valence-corrected chi connectivity index (χ2v) is 6.52. The Balaban J connectivity index is 1.81. The first-order chi connectivity index (χ1) is 11.3. The number of likely N-dealkylation sites (tertiary alicyclic amines) is 1. The topological polar surface area (TPSA) is 91.7 Å². The summed E-state index contributed by atoms with van der Waals surface area (Å²) in [4.78, 5) is 38.0. The monoisotopic (exact) mass is 335 g/mol. The molecule has 0 aliphatic carbocycles. The Bertz CT molecular complexity index is 628. The highest BCUT2D eigenvalue weighted by molar-refractivity contribution is 5.96. The number of carbonyl (C=O) groups is 3. The van der Waals surface area contributed by atoms with Crippen LogP contribution in [0.15, 0.2) is 10.5 Å². The van der Waals surface area contributed by atoms with Crippen molar-refractivity contribution in [2.75, 3.05) is 13.1 Å². The number of hydrazine groups is 1. The van der Waals surface area contributed by atoms with Crippen molar-refractivity contribution in [1.29, 1.82) is 0 Å². The number of aryl methyl sites for hydroxylation is 2. The summed E-state index contributed by atoms with van der Waals surface area (Å²) in [6.45, 7) is 8.35. The molecule has 1 saturated heterocycles. The molecule has 2 N–H and O–H groups in total. The Hall–Kier alpha value is -2.31. The number of rotatable bonds is 3. The SMILES string of the molecule is Cc1cc(C(=O)NNC(=O)C2CCN(C(=O)C(C)C)CC2)c(C)o1. The minimum atomic E-state index is -0.398. The molecule has 2 rings (SSSR count). The third kappa shape index (κ3) is 4.15. The van der Waals surface area contributed by atoms with E-state index in [0.29, 0.717) is 43.0 Å². The minimum absolute atomic E-state index is 0.0312. The quantitative estimate of drug-likeness (QED) is 0.820. The van der Waals surface area contributed by atoms with Crippen molar-refractivity contribution >= 4 is 17.7 Å². The van der Waals surface area contributed by atoms with Crippen LogP contribution < -0.4 is 10.9 Å². The number of carbonyl (C=O) groups excluding carboxylic acids is 3. The van der Waals surface area contributed by atoms with E-state index in [1.165, 1.54) is 0 Å². The van der Waals surface area contributed by atoms with Gasteiger partial charge in [0.1, 0.15) is 11.5 Å². The Kier molecular flexibility index (Phi) is 5.64. The van der Waals surface area contributed by atoms with Crippen LogP contribution >= 0.6 is 0 Å². The fourth-order valence-electron chi connectivity index (χ4n) is 2.87. The zero-order valence-electron chi connectivity index (χ0n) is 14.6. The van der Waals surface area contributed by atoms with Gasteiger partial charge in [-0.25, -0.2) is 0 Å². The van der Waals surface area contributed by atoms with Gasteiger partial charge in [0.2, 0.25) is 11.8 Å². The summed E-state index contributed by atoms with van der Waals surface area (Å²) >= 11 is 0. The fraction of sp³-hybridized carbons (Fsp3) is 0.588. The van der Waals surface area contributed by atoms with Gasteiger partial charge in [0.25, 0.3) is 5.91 Å². The number of hydrogen-bond acceptors (Lipinski definition) is 4. The van der Waals surface area contributed by atoms with E-state index in [9.17, 15) is 14.4 Å². The van der Waals surface area contributed by atoms with Crippen LogP contribution in [0.3, 0.4) is 0 Å². The molecule has 0 spiro atoms. The molecule has 132 valence electrons. The van der Waals surface area contributed by atoms with Crippen LogP contribution in [0.1, 0.15) is 48.6 Å². The molecule has 0 unspecified atom stereocenters. The largest absolute Gasteiger partial charge is 0.466 e. The first kappa shape index (κ1) is 18.0. The van der Waals surface area contributed by atoms with Crippen molar-refractivity contribution in [3.8, 4) is 0 Å². The van der Waals surface area contributed by atoms with Gasteiger partial charge in [0, 0.05) is 24.9 Å². The van der Waals surface area contributed by atoms with Crippen molar-refractivity contribution in [1.82, 2.24) is 15.8 Å². The summed E-state index contributed by atoms with van der Waals surface area (Å²) < 4.78 is 5.30. The van der Waals surface area contributed by atoms with Gasteiger partial charge in [-0.05, 0) is 32.8 Å². The van der Waals surface area contributed by atoms with E-state index in [1.54, 1.807) is 24.8 Å². The third-order valence-corrected chi connectivity index (χ3v) is 4.26. The molecule has 1 aliphatic rings. The Morgan fingerprint density at radius 1 is 1.17 bits per heavy atom. The molecule has 7 heteroatoms. The predicted octanol–water partition coefficient (Wildman–Crippen LogP) is 1.55. The summed E-state index contributed by atoms with van der Waals surface area (Å²) in [5.74, 6) is 0.423. The predicted molar refractivity (Wildman–Crippen MR) is 87.9 cm³/mol. The van der Waals surface area contributed by atoms with Crippen LogP contribution in [-0.4, -0.2) is 35.7 Å². The highest BCUT2D eigenvalue weighted by Gasteiger charge is 2.28. The van der Waals surface area contributed by atoms with Crippen LogP contribution in [0, 0.1) is 25.7 Å². The van der Waals surface area contributed by atoms with E-state index in [1.807, 2.05) is 13.8 Å². The molecule has 0 atom stereocenters. The molecule has 1 fully saturated rings. The summed E-state index contributed by atoms with van der Waals surface area (Å²) in [5, 5.41) is 0. The number of piperidine rings is 1. The lowest BCUT2D eigenvalue weighted by Crippen LogP contribution is -2.48. The van der Waals surface area contributed by atoms with E-state index in [-0.39, 0.29) is 23.7 Å². The molecule has 2 heterocycles. The number of furan rings is 1. The maximum atomic E-state index is 12.2. The van der Waals surface area contributed by atoms with Crippen molar-refractivity contribution < 1.29 is 18.8 Å². The molecule has 7 nitrogen and oxygen atoms in total. The smallest absolute Gasteiger partial charge is 0.273 e. The van der Waals surface area contributed by atoms with Crippen molar-refractivity contribution in [2.24, 2.45) is 11.8 Å². The lowest BCUT2D eigenvalue weighted by Gasteiger charge is -2.32. The molecule has 1 aromatic heterocycles. The van der Waals surface area contributed by atoms with Gasteiger partial charge in [-0.2, -0.15) is 0 Å². The zero-order chi connectivity index (χ0) is 17.9. The molecule has 0 aromatic carbocycles. The third-order valence-electron chi connectivity index (χ3n) is 4.26. The average molecular weight is 335 g/mol. The van der Waals surface area contributed by atoms with E-state index in [2.05, 4.69) is 10.9 Å². The van der Waals surface area contributed by atoms with Crippen LogP contribution in [0.2, 0.25) is 0 Å². The standard InChI is InChI=1S/C17H25N3O4/c1-10(2)17(23)20-7-5-13(6-8-20)15(21)18-19-16(22)14-9-11(3)24-12(14)4/h9-10,13H,5-8H2,1-4H3,(H,18,21)(H,19,22). The van der Waals surface area contributed by atoms with Crippen LogP contribution in [-0.2, 0) is 9.59 Å².